The third kappa shape index (κ3) is 5.78. The van der Waals surface area contributed by atoms with Gasteiger partial charge in [-0.05, 0) is 62.7 Å². The molecular weight excluding hydrogens is 421 g/mol. The molecule has 0 bridgehead atoms. The van der Waals surface area contributed by atoms with Gasteiger partial charge in [0.15, 0.2) is 0 Å². The molecule has 0 amide bonds. The number of aromatic nitrogens is 1. The zero-order valence-electron chi connectivity index (χ0n) is 18.0. The van der Waals surface area contributed by atoms with Gasteiger partial charge in [-0.2, -0.15) is 4.98 Å². The quantitative estimate of drug-likeness (QED) is 0.508. The largest absolute Gasteiger partial charge is 0.473 e. The summed E-state index contributed by atoms with van der Waals surface area (Å²) in [6.45, 7) is 7.36. The van der Waals surface area contributed by atoms with Crippen LogP contribution >= 0.6 is 23.2 Å². The lowest BCUT2D eigenvalue weighted by Gasteiger charge is -2.32. The van der Waals surface area contributed by atoms with Crippen molar-refractivity contribution in [2.75, 3.05) is 43.9 Å². The molecule has 8 heteroatoms. The first kappa shape index (κ1) is 22.7. The van der Waals surface area contributed by atoms with Crippen molar-refractivity contribution in [2.45, 2.75) is 32.8 Å². The summed E-state index contributed by atoms with van der Waals surface area (Å²) in [6, 6.07) is 9.36. The van der Waals surface area contributed by atoms with E-state index in [9.17, 15) is 0 Å². The SMILES string of the molecule is CCN1CCCC(Oc2cc(C)cc(N(C)/C(=N/C)Nc3ccc(Cl)c(Cl)c3)n2)C1. The Bertz CT molecular complexity index is 905. The molecule has 3 rings (SSSR count). The van der Waals surface area contributed by atoms with Crippen molar-refractivity contribution in [1.82, 2.24) is 9.88 Å². The van der Waals surface area contributed by atoms with Gasteiger partial charge in [0.1, 0.15) is 11.9 Å². The molecule has 1 saturated heterocycles. The minimum absolute atomic E-state index is 0.166. The Hall–Kier alpha value is -2.02. The molecule has 1 unspecified atom stereocenters. The molecule has 1 aliphatic heterocycles. The van der Waals surface area contributed by atoms with Gasteiger partial charge in [-0.1, -0.05) is 30.1 Å². The summed E-state index contributed by atoms with van der Waals surface area (Å²) in [5.74, 6) is 2.03. The van der Waals surface area contributed by atoms with Gasteiger partial charge < -0.3 is 10.1 Å². The van der Waals surface area contributed by atoms with E-state index in [0.717, 1.165) is 49.5 Å². The number of pyridine rings is 1. The van der Waals surface area contributed by atoms with E-state index in [4.69, 9.17) is 32.9 Å². The van der Waals surface area contributed by atoms with Crippen LogP contribution in [0, 0.1) is 6.92 Å². The molecule has 2 aromatic rings. The molecule has 0 aliphatic carbocycles. The Labute approximate surface area is 188 Å². The van der Waals surface area contributed by atoms with E-state index in [2.05, 4.69) is 22.1 Å². The molecule has 1 aromatic carbocycles. The van der Waals surface area contributed by atoms with Crippen LogP contribution in [0.5, 0.6) is 5.88 Å². The number of guanidine groups is 1. The number of piperidine rings is 1. The average Bonchev–Trinajstić information content (AvgIpc) is 2.73. The molecule has 30 heavy (non-hydrogen) atoms. The summed E-state index contributed by atoms with van der Waals surface area (Å²) in [6.07, 6.45) is 2.37. The number of nitrogens with zero attached hydrogens (tertiary/aromatic N) is 4. The third-order valence-electron chi connectivity index (χ3n) is 5.18. The zero-order chi connectivity index (χ0) is 21.7. The summed E-state index contributed by atoms with van der Waals surface area (Å²) >= 11 is 12.1. The topological polar surface area (TPSA) is 53.0 Å². The average molecular weight is 450 g/mol. The fourth-order valence-electron chi connectivity index (χ4n) is 3.52. The maximum absolute atomic E-state index is 6.25. The van der Waals surface area contributed by atoms with Gasteiger partial charge in [0.05, 0.1) is 10.0 Å². The number of rotatable bonds is 5. The molecule has 6 nitrogen and oxygen atoms in total. The number of hydrogen-bond donors (Lipinski definition) is 1. The molecule has 0 saturated carbocycles. The smallest absolute Gasteiger partial charge is 0.215 e. The Morgan fingerprint density at radius 1 is 1.30 bits per heavy atom. The first-order chi connectivity index (χ1) is 14.4. The number of aliphatic imine (C=N–C) groups is 1. The minimum Gasteiger partial charge on any atom is -0.473 e. The van der Waals surface area contributed by atoms with Crippen molar-refractivity contribution < 1.29 is 4.74 Å². The first-order valence-corrected chi connectivity index (χ1v) is 11.0. The van der Waals surface area contributed by atoms with Crippen LogP contribution in [0.25, 0.3) is 0 Å². The fourth-order valence-corrected chi connectivity index (χ4v) is 3.82. The Morgan fingerprint density at radius 2 is 2.10 bits per heavy atom. The minimum atomic E-state index is 0.166. The van der Waals surface area contributed by atoms with Crippen LogP contribution in [0.2, 0.25) is 10.0 Å². The van der Waals surface area contributed by atoms with Gasteiger partial charge in [-0.3, -0.25) is 14.8 Å². The molecule has 1 aliphatic rings. The van der Waals surface area contributed by atoms with Gasteiger partial charge in [-0.25, -0.2) is 0 Å². The van der Waals surface area contributed by atoms with E-state index in [1.807, 2.05) is 37.1 Å². The number of hydrogen-bond acceptors (Lipinski definition) is 4. The third-order valence-corrected chi connectivity index (χ3v) is 5.92. The number of likely N-dealkylation sites (tertiary alicyclic amines) is 1. The molecule has 1 atom stereocenters. The predicted octanol–water partition coefficient (Wildman–Crippen LogP) is 5.09. The lowest BCUT2D eigenvalue weighted by Crippen LogP contribution is -2.41. The lowest BCUT2D eigenvalue weighted by molar-refractivity contribution is 0.0883. The van der Waals surface area contributed by atoms with Crippen molar-refractivity contribution in [1.29, 1.82) is 0 Å². The lowest BCUT2D eigenvalue weighted by atomic mass is 10.1. The maximum Gasteiger partial charge on any atom is 0.215 e. The Morgan fingerprint density at radius 3 is 2.80 bits per heavy atom. The van der Waals surface area contributed by atoms with Crippen LogP contribution in [0.3, 0.4) is 0 Å². The van der Waals surface area contributed by atoms with E-state index in [-0.39, 0.29) is 6.10 Å². The highest BCUT2D eigenvalue weighted by Crippen LogP contribution is 2.26. The maximum atomic E-state index is 6.25. The molecule has 0 radical (unpaired) electrons. The number of aryl methyl sites for hydroxylation is 1. The normalized spacial score (nSPS) is 17.7. The summed E-state index contributed by atoms with van der Waals surface area (Å²) in [7, 11) is 3.64. The molecule has 1 aromatic heterocycles. The van der Waals surface area contributed by atoms with E-state index in [1.54, 1.807) is 19.2 Å². The van der Waals surface area contributed by atoms with Crippen LogP contribution < -0.4 is 15.0 Å². The second-order valence-electron chi connectivity index (χ2n) is 7.48. The number of nitrogens with one attached hydrogen (secondary N) is 1. The monoisotopic (exact) mass is 449 g/mol. The second kappa shape index (κ2) is 10.3. The molecular formula is C22H29Cl2N5O. The van der Waals surface area contributed by atoms with Crippen molar-refractivity contribution in [3.05, 3.63) is 45.9 Å². The van der Waals surface area contributed by atoms with E-state index >= 15 is 0 Å². The molecule has 1 N–H and O–H groups in total. The van der Waals surface area contributed by atoms with Crippen molar-refractivity contribution in [3.8, 4) is 5.88 Å². The van der Waals surface area contributed by atoms with Crippen LogP contribution in [0.4, 0.5) is 11.5 Å². The Balaban J connectivity index is 1.75. The van der Waals surface area contributed by atoms with Crippen LogP contribution in [0.15, 0.2) is 35.3 Å². The summed E-state index contributed by atoms with van der Waals surface area (Å²) in [4.78, 5) is 13.4. The second-order valence-corrected chi connectivity index (χ2v) is 8.29. The van der Waals surface area contributed by atoms with E-state index in [0.29, 0.717) is 21.9 Å². The highest BCUT2D eigenvalue weighted by atomic mass is 35.5. The number of ether oxygens (including phenoxy) is 1. The number of likely N-dealkylation sites (N-methyl/N-ethyl adjacent to an activating group) is 1. The summed E-state index contributed by atoms with van der Waals surface area (Å²) in [5.41, 5.74) is 1.87. The zero-order valence-corrected chi connectivity index (χ0v) is 19.5. The van der Waals surface area contributed by atoms with Crippen LogP contribution in [-0.4, -0.2) is 55.7 Å². The number of halogens is 2. The van der Waals surface area contributed by atoms with Gasteiger partial charge in [0.2, 0.25) is 11.8 Å². The van der Waals surface area contributed by atoms with Crippen molar-refractivity contribution in [3.63, 3.8) is 0 Å². The van der Waals surface area contributed by atoms with Crippen LogP contribution in [-0.2, 0) is 0 Å². The van der Waals surface area contributed by atoms with Crippen molar-refractivity contribution in [2.24, 2.45) is 4.99 Å². The fraction of sp³-hybridized carbons (Fsp3) is 0.455. The van der Waals surface area contributed by atoms with Gasteiger partial charge in [0, 0.05) is 32.4 Å². The van der Waals surface area contributed by atoms with Crippen molar-refractivity contribution >= 4 is 40.7 Å². The molecule has 2 heterocycles. The van der Waals surface area contributed by atoms with Gasteiger partial charge in [-0.15, -0.1) is 0 Å². The van der Waals surface area contributed by atoms with Crippen LogP contribution in [0.1, 0.15) is 25.3 Å². The number of anilines is 2. The Kier molecular flexibility index (Phi) is 7.81. The first-order valence-electron chi connectivity index (χ1n) is 10.2. The molecule has 0 spiro atoms. The summed E-state index contributed by atoms with van der Waals surface area (Å²) in [5, 5.41) is 4.27. The standard InChI is InChI=1S/C22H29Cl2N5O/c1-5-29-10-6-7-17(14-29)30-21-12-15(2)11-20(27-21)28(4)22(25-3)26-16-8-9-18(23)19(24)13-16/h8-9,11-13,17H,5-7,10,14H2,1-4H3,(H,25,26). The van der Waals surface area contributed by atoms with E-state index in [1.165, 1.54) is 0 Å². The summed E-state index contributed by atoms with van der Waals surface area (Å²) < 4.78 is 6.25. The van der Waals surface area contributed by atoms with E-state index < -0.39 is 0 Å². The molecule has 162 valence electrons. The highest BCUT2D eigenvalue weighted by Gasteiger charge is 2.21. The van der Waals surface area contributed by atoms with Gasteiger partial charge in [0.25, 0.3) is 0 Å². The highest BCUT2D eigenvalue weighted by molar-refractivity contribution is 6.42. The predicted molar refractivity (Wildman–Crippen MR) is 127 cm³/mol. The van der Waals surface area contributed by atoms with Gasteiger partial charge >= 0.3 is 0 Å². The number of benzene rings is 1. The molecule has 1 fully saturated rings.